The Labute approximate surface area is 270 Å². The van der Waals surface area contributed by atoms with Gasteiger partial charge in [-0.3, -0.25) is 34.5 Å². The third-order valence-electron chi connectivity index (χ3n) is 7.28. The van der Waals surface area contributed by atoms with Crippen LogP contribution in [0.3, 0.4) is 0 Å². The Morgan fingerprint density at radius 2 is 1.04 bits per heavy atom. The first-order valence-corrected chi connectivity index (χ1v) is 14.7. The molecule has 2 aromatic carbocycles. The largest absolute Gasteiger partial charge is 0.549 e. The fourth-order valence-electron chi connectivity index (χ4n) is 4.90. The number of carboxylic acid groups (broad SMARTS) is 3. The zero-order valence-corrected chi connectivity index (χ0v) is 25.6. The summed E-state index contributed by atoms with van der Waals surface area (Å²) in [6.45, 7) is -0.847. The van der Waals surface area contributed by atoms with Gasteiger partial charge in [0, 0.05) is 89.8 Å². The number of hydrogen-bond acceptors (Lipinski definition) is 15. The summed E-state index contributed by atoms with van der Waals surface area (Å²) in [5.41, 5.74) is 0.195. The summed E-state index contributed by atoms with van der Waals surface area (Å²) in [5.74, 6) is -5.29. The number of amides is 1. The Hall–Kier alpha value is -4.97. The molecular weight excluding hydrogens is 620 g/mol. The molecular formula is C30H35N6O11-3. The van der Waals surface area contributed by atoms with Crippen molar-refractivity contribution in [2.45, 2.75) is 0 Å². The minimum atomic E-state index is -1.34. The molecule has 0 aliphatic carbocycles. The van der Waals surface area contributed by atoms with E-state index >= 15 is 0 Å². The molecule has 0 radical (unpaired) electrons. The topological polar surface area (TPSA) is 223 Å². The van der Waals surface area contributed by atoms with E-state index in [-0.39, 0.29) is 70.3 Å². The molecule has 1 amide bonds. The fraction of sp³-hybridized carbons (Fsp3) is 0.433. The number of hydrogen-bond donors (Lipinski definition) is 0. The Morgan fingerprint density at radius 3 is 1.43 bits per heavy atom. The summed E-state index contributed by atoms with van der Waals surface area (Å²) in [4.78, 5) is 78.7. The van der Waals surface area contributed by atoms with Crippen LogP contribution in [0.5, 0.6) is 5.75 Å². The van der Waals surface area contributed by atoms with Crippen LogP contribution in [0.2, 0.25) is 0 Å². The summed E-state index contributed by atoms with van der Waals surface area (Å²) < 4.78 is 5.32. The van der Waals surface area contributed by atoms with E-state index in [0.29, 0.717) is 5.69 Å². The maximum atomic E-state index is 13.8. The molecule has 0 saturated carbocycles. The predicted molar refractivity (Wildman–Crippen MR) is 158 cm³/mol. The SMILES string of the molecule is O=C([O-])CN1CCN(CC(=O)[O-])CCN(CC(=O)N(CC(=O)Oc2ccc([N+](=O)[O-])cc2)c2ccccc2)CCN(CC(=O)[O-])CC1. The van der Waals surface area contributed by atoms with Crippen molar-refractivity contribution < 1.29 is 49.0 Å². The van der Waals surface area contributed by atoms with Crippen LogP contribution in [0, 0.1) is 10.1 Å². The molecule has 1 heterocycles. The van der Waals surface area contributed by atoms with Crippen LogP contribution in [-0.4, -0.2) is 139 Å². The number of esters is 1. The summed E-state index contributed by atoms with van der Waals surface area (Å²) in [6, 6.07) is 13.2. The number of para-hydroxylation sites is 1. The molecule has 17 heteroatoms. The van der Waals surface area contributed by atoms with Crippen LogP contribution < -0.4 is 25.0 Å². The zero-order chi connectivity index (χ0) is 34.3. The van der Waals surface area contributed by atoms with Gasteiger partial charge in [0.2, 0.25) is 5.91 Å². The molecule has 0 atom stereocenters. The second-order valence-corrected chi connectivity index (χ2v) is 10.8. The molecule has 0 N–H and O–H groups in total. The highest BCUT2D eigenvalue weighted by atomic mass is 16.6. The van der Waals surface area contributed by atoms with Gasteiger partial charge in [0.15, 0.2) is 0 Å². The Bertz CT molecular complexity index is 1360. The molecule has 2 aromatic rings. The third kappa shape index (κ3) is 13.1. The highest BCUT2D eigenvalue weighted by Gasteiger charge is 2.24. The number of rotatable bonds is 13. The average molecular weight is 656 g/mol. The molecule has 1 fully saturated rings. The first-order valence-electron chi connectivity index (χ1n) is 14.7. The molecule has 0 bridgehead atoms. The van der Waals surface area contributed by atoms with Crippen molar-refractivity contribution >= 4 is 41.2 Å². The quantitative estimate of drug-likeness (QED) is 0.0868. The number of nitro benzene ring substituents is 1. The van der Waals surface area contributed by atoms with Crippen LogP contribution in [-0.2, 0) is 24.0 Å². The third-order valence-corrected chi connectivity index (χ3v) is 7.28. The molecule has 3 rings (SSSR count). The summed E-state index contributed by atoms with van der Waals surface area (Å²) >= 11 is 0. The Balaban J connectivity index is 1.79. The van der Waals surface area contributed by atoms with Crippen LogP contribution in [0.15, 0.2) is 54.6 Å². The second kappa shape index (κ2) is 18.2. The normalized spacial score (nSPS) is 15.9. The maximum absolute atomic E-state index is 13.8. The van der Waals surface area contributed by atoms with Crippen molar-refractivity contribution in [2.75, 3.05) is 90.0 Å². The lowest BCUT2D eigenvalue weighted by Gasteiger charge is -2.35. The van der Waals surface area contributed by atoms with E-state index in [1.54, 1.807) is 45.0 Å². The number of anilines is 1. The number of ether oxygens (including phenoxy) is 1. The van der Waals surface area contributed by atoms with Gasteiger partial charge < -0.3 is 39.3 Å². The van der Waals surface area contributed by atoms with Gasteiger partial charge in [-0.2, -0.15) is 0 Å². The van der Waals surface area contributed by atoms with E-state index in [1.165, 1.54) is 34.1 Å². The number of benzene rings is 2. The lowest BCUT2D eigenvalue weighted by atomic mass is 10.2. The van der Waals surface area contributed by atoms with Gasteiger partial charge in [0.1, 0.15) is 12.3 Å². The van der Waals surface area contributed by atoms with Gasteiger partial charge in [0.25, 0.3) is 5.69 Å². The lowest BCUT2D eigenvalue weighted by Crippen LogP contribution is -2.52. The van der Waals surface area contributed by atoms with Gasteiger partial charge in [-0.25, -0.2) is 4.79 Å². The monoisotopic (exact) mass is 655 g/mol. The Kier molecular flexibility index (Phi) is 14.2. The maximum Gasteiger partial charge on any atom is 0.331 e. The molecule has 17 nitrogen and oxygen atoms in total. The van der Waals surface area contributed by atoms with Gasteiger partial charge >= 0.3 is 5.97 Å². The molecule has 0 aromatic heterocycles. The number of nitro groups is 1. The average Bonchev–Trinajstić information content (AvgIpc) is 3.01. The van der Waals surface area contributed by atoms with Crippen molar-refractivity contribution in [2.24, 2.45) is 0 Å². The molecule has 254 valence electrons. The zero-order valence-electron chi connectivity index (χ0n) is 25.6. The van der Waals surface area contributed by atoms with Gasteiger partial charge in [-0.05, 0) is 24.3 Å². The van der Waals surface area contributed by atoms with Crippen molar-refractivity contribution in [3.05, 3.63) is 64.7 Å². The van der Waals surface area contributed by atoms with Crippen LogP contribution in [0.25, 0.3) is 0 Å². The van der Waals surface area contributed by atoms with E-state index in [0.717, 1.165) is 0 Å². The predicted octanol–water partition coefficient (Wildman–Crippen LogP) is -4.00. The first kappa shape index (κ1) is 36.5. The van der Waals surface area contributed by atoms with E-state index in [4.69, 9.17) is 4.74 Å². The molecule has 1 saturated heterocycles. The van der Waals surface area contributed by atoms with Crippen molar-refractivity contribution in [3.63, 3.8) is 0 Å². The van der Waals surface area contributed by atoms with E-state index in [2.05, 4.69) is 0 Å². The number of carbonyl (C=O) groups excluding carboxylic acids is 5. The molecule has 0 spiro atoms. The van der Waals surface area contributed by atoms with Gasteiger partial charge in [-0.15, -0.1) is 0 Å². The summed E-state index contributed by atoms with van der Waals surface area (Å²) in [6.07, 6.45) is 0. The lowest BCUT2D eigenvalue weighted by molar-refractivity contribution is -0.384. The first-order chi connectivity index (χ1) is 22.4. The van der Waals surface area contributed by atoms with Crippen molar-refractivity contribution in [1.29, 1.82) is 0 Å². The van der Waals surface area contributed by atoms with Crippen LogP contribution >= 0.6 is 0 Å². The van der Waals surface area contributed by atoms with Gasteiger partial charge in [-0.1, -0.05) is 18.2 Å². The highest BCUT2D eigenvalue weighted by molar-refractivity contribution is 5.99. The second-order valence-electron chi connectivity index (χ2n) is 10.8. The minimum absolute atomic E-state index is 0.0448. The smallest absolute Gasteiger partial charge is 0.331 e. The van der Waals surface area contributed by atoms with Crippen molar-refractivity contribution in [3.8, 4) is 5.75 Å². The number of carbonyl (C=O) groups is 5. The highest BCUT2D eigenvalue weighted by Crippen LogP contribution is 2.19. The Morgan fingerprint density at radius 1 is 0.638 bits per heavy atom. The van der Waals surface area contributed by atoms with Crippen molar-refractivity contribution in [1.82, 2.24) is 19.6 Å². The molecule has 0 unspecified atom stereocenters. The van der Waals surface area contributed by atoms with E-state index in [9.17, 15) is 49.4 Å². The minimum Gasteiger partial charge on any atom is -0.549 e. The van der Waals surface area contributed by atoms with E-state index < -0.39 is 60.9 Å². The summed E-state index contributed by atoms with van der Waals surface area (Å²) in [5, 5.41) is 45.1. The number of aliphatic carboxylic acids is 3. The van der Waals surface area contributed by atoms with E-state index in [1.807, 2.05) is 0 Å². The van der Waals surface area contributed by atoms with Gasteiger partial charge in [0.05, 0.1) is 29.4 Å². The molecule has 47 heavy (non-hydrogen) atoms. The van der Waals surface area contributed by atoms with Crippen LogP contribution in [0.1, 0.15) is 0 Å². The number of non-ortho nitro benzene ring substituents is 1. The summed E-state index contributed by atoms with van der Waals surface area (Å²) in [7, 11) is 0. The fourth-order valence-corrected chi connectivity index (χ4v) is 4.90. The van der Waals surface area contributed by atoms with Crippen LogP contribution in [0.4, 0.5) is 11.4 Å². The molecule has 1 aliphatic heterocycles. The number of carboxylic acids is 3. The standard InChI is InChI=1S/C30H38N6O11/c37-26(35(23-4-2-1-3-5-23)22-30(44)47-25-8-6-24(7-9-25)36(45)46)18-31-10-12-32(19-27(38)39)14-16-34(21-29(42)43)17-15-33(13-11-31)20-28(40)41/h1-9H,10-22H2,(H,38,39)(H,40,41)(H,42,43)/p-3. The number of nitrogens with zero attached hydrogens (tertiary/aromatic N) is 6. The molecule has 1 aliphatic rings.